The number of thiophene rings is 1. The van der Waals surface area contributed by atoms with E-state index >= 15 is 0 Å². The monoisotopic (exact) mass is 496 g/mol. The predicted molar refractivity (Wildman–Crippen MR) is 132 cm³/mol. The lowest BCUT2D eigenvalue weighted by Gasteiger charge is -2.14. The molecule has 0 aliphatic carbocycles. The molecule has 0 bridgehead atoms. The van der Waals surface area contributed by atoms with Gasteiger partial charge in [-0.1, -0.05) is 30.0 Å². The van der Waals surface area contributed by atoms with Gasteiger partial charge >= 0.3 is 0 Å². The average Bonchev–Trinajstić information content (AvgIpc) is 3.61. The molecule has 1 saturated heterocycles. The van der Waals surface area contributed by atoms with Crippen molar-refractivity contribution in [1.29, 1.82) is 0 Å². The largest absolute Gasteiger partial charge is 0.495 e. The van der Waals surface area contributed by atoms with Gasteiger partial charge in [0.15, 0.2) is 11.0 Å². The van der Waals surface area contributed by atoms with E-state index in [2.05, 4.69) is 41.1 Å². The molecule has 1 atom stereocenters. The summed E-state index contributed by atoms with van der Waals surface area (Å²) in [5, 5.41) is 14.9. The molecule has 3 aromatic heterocycles. The van der Waals surface area contributed by atoms with Gasteiger partial charge in [-0.05, 0) is 36.4 Å². The minimum absolute atomic E-state index is 0.142. The molecule has 3 N–H and O–H groups in total. The molecule has 0 spiro atoms. The number of nitrogens with one attached hydrogen (secondary N) is 1. The first kappa shape index (κ1) is 22.6. The van der Waals surface area contributed by atoms with E-state index in [1.807, 2.05) is 35.7 Å². The Bertz CT molecular complexity index is 1240. The van der Waals surface area contributed by atoms with Crippen molar-refractivity contribution in [3.63, 3.8) is 0 Å². The van der Waals surface area contributed by atoms with E-state index in [4.69, 9.17) is 15.2 Å². The number of aromatic nitrogens is 6. The number of ether oxygens (including phenoxy) is 2. The summed E-state index contributed by atoms with van der Waals surface area (Å²) < 4.78 is 13.4. The predicted octanol–water partition coefficient (Wildman–Crippen LogP) is 4.00. The molecular weight excluding hydrogens is 472 g/mol. The molecule has 10 nitrogen and oxygen atoms in total. The number of rotatable bonds is 9. The van der Waals surface area contributed by atoms with Crippen molar-refractivity contribution in [2.75, 3.05) is 24.8 Å². The lowest BCUT2D eigenvalue weighted by molar-refractivity contribution is 0.0953. The molecule has 0 radical (unpaired) electrons. The Morgan fingerprint density at radius 1 is 1.21 bits per heavy atom. The van der Waals surface area contributed by atoms with Crippen molar-refractivity contribution in [1.82, 2.24) is 29.7 Å². The molecule has 4 aromatic rings. The molecular formula is C22H24N8O2S2. The maximum Gasteiger partial charge on any atom is 0.232 e. The van der Waals surface area contributed by atoms with Gasteiger partial charge in [-0.3, -0.25) is 4.57 Å². The molecule has 1 unspecified atom stereocenters. The number of anilines is 3. The zero-order valence-electron chi connectivity index (χ0n) is 18.5. The summed E-state index contributed by atoms with van der Waals surface area (Å²) in [5.41, 5.74) is 6.71. The molecule has 5 rings (SSSR count). The molecule has 1 aliphatic heterocycles. The molecule has 34 heavy (non-hydrogen) atoms. The second kappa shape index (κ2) is 10.4. The van der Waals surface area contributed by atoms with Crippen LogP contribution in [0.3, 0.4) is 0 Å². The first-order valence-corrected chi connectivity index (χ1v) is 12.7. The van der Waals surface area contributed by atoms with E-state index in [9.17, 15) is 0 Å². The summed E-state index contributed by atoms with van der Waals surface area (Å²) in [7, 11) is 1.61. The SMILES string of the molecule is COc1ccccc1Nc1nc(N)nc(CSc2nnc(-c3cccs3)n2CC2CCCO2)n1. The second-order valence-corrected chi connectivity index (χ2v) is 9.47. The zero-order valence-corrected chi connectivity index (χ0v) is 20.2. The van der Waals surface area contributed by atoms with Crippen molar-refractivity contribution in [3.8, 4) is 16.5 Å². The van der Waals surface area contributed by atoms with Gasteiger partial charge in [0.1, 0.15) is 11.6 Å². The third-order valence-electron chi connectivity index (χ3n) is 5.25. The van der Waals surface area contributed by atoms with Crippen LogP contribution in [0.4, 0.5) is 17.6 Å². The minimum Gasteiger partial charge on any atom is -0.495 e. The Morgan fingerprint density at radius 2 is 2.12 bits per heavy atom. The standard InChI is InChI=1S/C22H24N8O2S2/c1-31-16-8-3-2-7-15(16)24-21-26-18(25-20(23)27-21)13-34-22-29-28-19(17-9-5-11-33-17)30(22)12-14-6-4-10-32-14/h2-3,5,7-9,11,14H,4,6,10,12-13H2,1H3,(H3,23,24,25,26,27). The van der Waals surface area contributed by atoms with Crippen LogP contribution in [0.5, 0.6) is 5.75 Å². The molecule has 12 heteroatoms. The van der Waals surface area contributed by atoms with Crippen LogP contribution >= 0.6 is 23.1 Å². The van der Waals surface area contributed by atoms with Gasteiger partial charge in [0, 0.05) is 6.61 Å². The average molecular weight is 497 g/mol. The number of nitrogens with two attached hydrogens (primary N) is 1. The fourth-order valence-corrected chi connectivity index (χ4v) is 5.22. The highest BCUT2D eigenvalue weighted by atomic mass is 32.2. The van der Waals surface area contributed by atoms with Gasteiger partial charge in [-0.25, -0.2) is 0 Å². The van der Waals surface area contributed by atoms with Crippen molar-refractivity contribution in [2.24, 2.45) is 0 Å². The fourth-order valence-electron chi connectivity index (χ4n) is 3.70. The lowest BCUT2D eigenvalue weighted by atomic mass is 10.2. The molecule has 0 amide bonds. The number of hydrogen-bond donors (Lipinski definition) is 2. The van der Waals surface area contributed by atoms with Gasteiger partial charge in [0.2, 0.25) is 11.9 Å². The van der Waals surface area contributed by atoms with Crippen LogP contribution < -0.4 is 15.8 Å². The Kier molecular flexibility index (Phi) is 6.88. The van der Waals surface area contributed by atoms with Gasteiger partial charge in [0.25, 0.3) is 0 Å². The number of thioether (sulfide) groups is 1. The summed E-state index contributed by atoms with van der Waals surface area (Å²) in [6, 6.07) is 11.6. The van der Waals surface area contributed by atoms with Crippen LogP contribution in [-0.2, 0) is 17.0 Å². The third-order valence-corrected chi connectivity index (χ3v) is 7.08. The first-order valence-electron chi connectivity index (χ1n) is 10.8. The lowest BCUT2D eigenvalue weighted by Crippen LogP contribution is -2.16. The number of para-hydroxylation sites is 2. The van der Waals surface area contributed by atoms with Gasteiger partial charge < -0.3 is 20.5 Å². The molecule has 1 aliphatic rings. The fraction of sp³-hybridized carbons (Fsp3) is 0.318. The Labute approximate surface area is 205 Å². The highest BCUT2D eigenvalue weighted by Crippen LogP contribution is 2.30. The number of methoxy groups -OCH3 is 1. The number of hydrogen-bond acceptors (Lipinski definition) is 11. The van der Waals surface area contributed by atoms with E-state index in [1.165, 1.54) is 11.8 Å². The van der Waals surface area contributed by atoms with Gasteiger partial charge in [-0.2, -0.15) is 15.0 Å². The summed E-state index contributed by atoms with van der Waals surface area (Å²) in [5.74, 6) is 3.03. The van der Waals surface area contributed by atoms with Gasteiger partial charge in [-0.15, -0.1) is 21.5 Å². The van der Waals surface area contributed by atoms with Crippen LogP contribution in [-0.4, -0.2) is 49.5 Å². The molecule has 1 fully saturated rings. The Morgan fingerprint density at radius 3 is 2.91 bits per heavy atom. The van der Waals surface area contributed by atoms with Crippen LogP contribution in [0, 0.1) is 0 Å². The Hall–Kier alpha value is -3.22. The van der Waals surface area contributed by atoms with E-state index in [0.29, 0.717) is 29.8 Å². The number of nitrogen functional groups attached to an aromatic ring is 1. The van der Waals surface area contributed by atoms with Crippen molar-refractivity contribution in [2.45, 2.75) is 36.4 Å². The summed E-state index contributed by atoms with van der Waals surface area (Å²) in [6.45, 7) is 1.51. The van der Waals surface area contributed by atoms with Crippen LogP contribution in [0.25, 0.3) is 10.7 Å². The zero-order chi connectivity index (χ0) is 23.3. The maximum absolute atomic E-state index is 5.97. The van der Waals surface area contributed by atoms with Crippen LogP contribution in [0.2, 0.25) is 0 Å². The Balaban J connectivity index is 1.35. The highest BCUT2D eigenvalue weighted by molar-refractivity contribution is 7.98. The van der Waals surface area contributed by atoms with E-state index < -0.39 is 0 Å². The second-order valence-electron chi connectivity index (χ2n) is 7.58. The van der Waals surface area contributed by atoms with E-state index in [-0.39, 0.29) is 12.1 Å². The van der Waals surface area contributed by atoms with Crippen molar-refractivity contribution < 1.29 is 9.47 Å². The number of nitrogens with zero attached hydrogens (tertiary/aromatic N) is 6. The molecule has 4 heterocycles. The first-order chi connectivity index (χ1) is 16.7. The molecule has 1 aromatic carbocycles. The van der Waals surface area contributed by atoms with Crippen molar-refractivity contribution >= 4 is 40.7 Å². The van der Waals surface area contributed by atoms with E-state index in [1.54, 1.807) is 18.4 Å². The van der Waals surface area contributed by atoms with Crippen LogP contribution in [0.15, 0.2) is 46.9 Å². The highest BCUT2D eigenvalue weighted by Gasteiger charge is 2.22. The topological polar surface area (TPSA) is 126 Å². The smallest absolute Gasteiger partial charge is 0.232 e. The summed E-state index contributed by atoms with van der Waals surface area (Å²) >= 11 is 3.15. The molecule has 176 valence electrons. The minimum atomic E-state index is 0.142. The molecule has 0 saturated carbocycles. The maximum atomic E-state index is 5.97. The quantitative estimate of drug-likeness (QED) is 0.328. The summed E-state index contributed by atoms with van der Waals surface area (Å²) in [6.07, 6.45) is 2.28. The van der Waals surface area contributed by atoms with Crippen LogP contribution in [0.1, 0.15) is 18.7 Å². The third kappa shape index (κ3) is 5.13. The number of benzene rings is 1. The van der Waals surface area contributed by atoms with Crippen molar-refractivity contribution in [3.05, 3.63) is 47.6 Å². The normalized spacial score (nSPS) is 15.5. The van der Waals surface area contributed by atoms with E-state index in [0.717, 1.165) is 41.0 Å². The van der Waals surface area contributed by atoms with Gasteiger partial charge in [0.05, 0.1) is 36.1 Å². The summed E-state index contributed by atoms with van der Waals surface area (Å²) in [4.78, 5) is 14.1.